The Morgan fingerprint density at radius 3 is 2.65 bits per heavy atom. The third-order valence-corrected chi connectivity index (χ3v) is 5.45. The van der Waals surface area contributed by atoms with E-state index in [2.05, 4.69) is 9.71 Å². The highest BCUT2D eigenvalue weighted by Crippen LogP contribution is 2.22. The van der Waals surface area contributed by atoms with Crippen molar-refractivity contribution in [3.63, 3.8) is 0 Å². The average Bonchev–Trinajstić information content (AvgIpc) is 3.17. The first kappa shape index (κ1) is 18.3. The molecule has 3 rings (SSSR count). The first-order chi connectivity index (χ1) is 12.2. The van der Waals surface area contributed by atoms with Crippen molar-refractivity contribution in [2.24, 2.45) is 7.05 Å². The number of thiophene rings is 1. The minimum Gasteiger partial charge on any atom is -0.344 e. The Balaban J connectivity index is 1.83. The third kappa shape index (κ3) is 4.03. The largest absolute Gasteiger partial charge is 0.344 e. The van der Waals surface area contributed by atoms with Crippen molar-refractivity contribution in [1.29, 1.82) is 0 Å². The molecule has 0 amide bonds. The molecular weight excluding hydrogens is 370 g/mol. The number of anilines is 1. The summed E-state index contributed by atoms with van der Waals surface area (Å²) in [5.74, 6) is 0.0203. The summed E-state index contributed by atoms with van der Waals surface area (Å²) in [6, 6.07) is 9.14. The van der Waals surface area contributed by atoms with Crippen LogP contribution in [-0.4, -0.2) is 30.0 Å². The second kappa shape index (κ2) is 7.05. The highest BCUT2D eigenvalue weighted by Gasteiger charge is 2.19. The minimum absolute atomic E-state index is 0.0203. The number of nitrogens with zero attached hydrogens (tertiary/aromatic N) is 2. The molecule has 3 heterocycles. The first-order valence-corrected chi connectivity index (χ1v) is 10.7. The maximum absolute atomic E-state index is 12.7. The van der Waals surface area contributed by atoms with Crippen LogP contribution in [0, 0.1) is 6.92 Å². The highest BCUT2D eigenvalue weighted by molar-refractivity contribution is 7.92. The van der Waals surface area contributed by atoms with Crippen LogP contribution < -0.4 is 4.72 Å². The molecule has 136 valence electrons. The van der Waals surface area contributed by atoms with Gasteiger partial charge in [0.25, 0.3) is 0 Å². The van der Waals surface area contributed by atoms with Gasteiger partial charge in [-0.05, 0) is 42.1 Å². The summed E-state index contributed by atoms with van der Waals surface area (Å²) in [7, 11) is -1.44. The van der Waals surface area contributed by atoms with Gasteiger partial charge in [-0.15, -0.1) is 11.3 Å². The summed E-state index contributed by atoms with van der Waals surface area (Å²) in [4.78, 5) is 17.7. The zero-order valence-electron chi connectivity index (χ0n) is 14.7. The van der Waals surface area contributed by atoms with Crippen LogP contribution in [0.3, 0.4) is 0 Å². The number of rotatable bonds is 6. The van der Waals surface area contributed by atoms with Gasteiger partial charge >= 0.3 is 0 Å². The lowest BCUT2D eigenvalue weighted by molar-refractivity contribution is 0.103. The van der Waals surface area contributed by atoms with Gasteiger partial charge in [0.2, 0.25) is 15.8 Å². The van der Waals surface area contributed by atoms with E-state index in [1.807, 2.05) is 42.1 Å². The molecule has 0 atom stereocenters. The Morgan fingerprint density at radius 1 is 1.31 bits per heavy atom. The highest BCUT2D eigenvalue weighted by atomic mass is 32.2. The normalized spacial score (nSPS) is 11.5. The molecule has 0 unspecified atom stereocenters. The van der Waals surface area contributed by atoms with Gasteiger partial charge < -0.3 is 4.57 Å². The van der Waals surface area contributed by atoms with Crippen LogP contribution in [-0.2, 0) is 23.5 Å². The van der Waals surface area contributed by atoms with Gasteiger partial charge in [-0.2, -0.15) is 0 Å². The van der Waals surface area contributed by atoms with Crippen LogP contribution in [0.5, 0.6) is 0 Å². The summed E-state index contributed by atoms with van der Waals surface area (Å²) in [5, 5.41) is 1.89. The van der Waals surface area contributed by atoms with Crippen molar-refractivity contribution < 1.29 is 13.2 Å². The zero-order valence-corrected chi connectivity index (χ0v) is 16.3. The van der Waals surface area contributed by atoms with E-state index < -0.39 is 10.0 Å². The molecular formula is C18H19N3O3S2. The second-order valence-corrected chi connectivity index (χ2v) is 8.82. The fourth-order valence-electron chi connectivity index (χ4n) is 2.84. The standard InChI is InChI=1S/C18H19N3O3S2/c1-12-9-15(21(2)17(12)18(22)16-5-4-8-25-16)10-13-6-7-14(11-19-13)20-26(3,23)24/h4-9,11,20H,10H2,1-3H3. The van der Waals surface area contributed by atoms with E-state index in [9.17, 15) is 13.2 Å². The molecule has 0 aliphatic rings. The molecule has 1 N–H and O–H groups in total. The minimum atomic E-state index is -3.32. The molecule has 0 saturated carbocycles. The Hall–Kier alpha value is -2.45. The fourth-order valence-corrected chi connectivity index (χ4v) is 4.05. The lowest BCUT2D eigenvalue weighted by atomic mass is 10.1. The molecule has 0 aliphatic carbocycles. The number of carbonyl (C=O) groups excluding carboxylic acids is 1. The molecule has 8 heteroatoms. The van der Waals surface area contributed by atoms with E-state index in [1.54, 1.807) is 12.1 Å². The van der Waals surface area contributed by atoms with Crippen LogP contribution in [0.4, 0.5) is 5.69 Å². The predicted octanol–water partition coefficient (Wildman–Crippen LogP) is 2.98. The Labute approximate surface area is 156 Å². The number of carbonyl (C=O) groups is 1. The van der Waals surface area contributed by atoms with Crippen molar-refractivity contribution in [2.45, 2.75) is 13.3 Å². The number of hydrogen-bond acceptors (Lipinski definition) is 5. The molecule has 6 nitrogen and oxygen atoms in total. The number of nitrogens with one attached hydrogen (secondary N) is 1. The zero-order chi connectivity index (χ0) is 18.9. The van der Waals surface area contributed by atoms with Gasteiger partial charge in [-0.1, -0.05) is 6.07 Å². The van der Waals surface area contributed by atoms with Crippen molar-refractivity contribution in [3.05, 3.63) is 69.4 Å². The van der Waals surface area contributed by atoms with Crippen LogP contribution in [0.2, 0.25) is 0 Å². The maximum atomic E-state index is 12.7. The number of aromatic nitrogens is 2. The lowest BCUT2D eigenvalue weighted by Gasteiger charge is -2.08. The number of sulfonamides is 1. The average molecular weight is 390 g/mol. The molecule has 3 aromatic heterocycles. The van der Waals surface area contributed by atoms with Crippen LogP contribution in [0.25, 0.3) is 0 Å². The summed E-state index contributed by atoms with van der Waals surface area (Å²) >= 11 is 1.43. The van der Waals surface area contributed by atoms with Gasteiger partial charge in [0.15, 0.2) is 0 Å². The first-order valence-electron chi connectivity index (χ1n) is 7.91. The van der Waals surface area contributed by atoms with E-state index >= 15 is 0 Å². The van der Waals surface area contributed by atoms with Crippen molar-refractivity contribution >= 4 is 32.8 Å². The number of pyridine rings is 1. The summed E-state index contributed by atoms with van der Waals surface area (Å²) in [6.45, 7) is 1.93. The Bertz CT molecular complexity index is 1030. The van der Waals surface area contributed by atoms with Crippen LogP contribution in [0.1, 0.15) is 32.3 Å². The third-order valence-electron chi connectivity index (χ3n) is 3.97. The maximum Gasteiger partial charge on any atom is 0.229 e. The SMILES string of the molecule is Cc1cc(Cc2ccc(NS(C)(=O)=O)cn2)n(C)c1C(=O)c1cccs1. The quantitative estimate of drug-likeness (QED) is 0.657. The van der Waals surface area contributed by atoms with Crippen LogP contribution >= 0.6 is 11.3 Å². The molecule has 0 aromatic carbocycles. The molecule has 0 aliphatic heterocycles. The van der Waals surface area contributed by atoms with E-state index in [4.69, 9.17) is 0 Å². The molecule has 3 aromatic rings. The Morgan fingerprint density at radius 2 is 2.08 bits per heavy atom. The van der Waals surface area contributed by atoms with Gasteiger partial charge in [0, 0.05) is 24.9 Å². The van der Waals surface area contributed by atoms with E-state index in [-0.39, 0.29) is 5.78 Å². The van der Waals surface area contributed by atoms with Crippen LogP contribution in [0.15, 0.2) is 41.9 Å². The molecule has 0 bridgehead atoms. The van der Waals surface area contributed by atoms with E-state index in [0.717, 1.165) is 28.1 Å². The fraction of sp³-hybridized carbons (Fsp3) is 0.222. The molecule has 0 saturated heterocycles. The lowest BCUT2D eigenvalue weighted by Crippen LogP contribution is -2.11. The van der Waals surface area contributed by atoms with Crippen molar-refractivity contribution in [1.82, 2.24) is 9.55 Å². The van der Waals surface area contributed by atoms with E-state index in [0.29, 0.717) is 17.8 Å². The summed E-state index contributed by atoms with van der Waals surface area (Å²) < 4.78 is 26.8. The smallest absolute Gasteiger partial charge is 0.229 e. The number of aryl methyl sites for hydroxylation is 1. The van der Waals surface area contributed by atoms with Gasteiger partial charge in [-0.3, -0.25) is 14.5 Å². The van der Waals surface area contributed by atoms with Gasteiger partial charge in [-0.25, -0.2) is 8.42 Å². The van der Waals surface area contributed by atoms with Crippen molar-refractivity contribution in [3.8, 4) is 0 Å². The predicted molar refractivity (Wildman–Crippen MR) is 103 cm³/mol. The van der Waals surface area contributed by atoms with Gasteiger partial charge in [0.1, 0.15) is 0 Å². The second-order valence-electron chi connectivity index (χ2n) is 6.12. The summed E-state index contributed by atoms with van der Waals surface area (Å²) in [5.41, 5.74) is 3.79. The van der Waals surface area contributed by atoms with E-state index in [1.165, 1.54) is 17.5 Å². The molecule has 0 spiro atoms. The molecule has 0 fully saturated rings. The van der Waals surface area contributed by atoms with Crippen molar-refractivity contribution in [2.75, 3.05) is 11.0 Å². The Kier molecular flexibility index (Phi) is 4.97. The monoisotopic (exact) mass is 389 g/mol. The topological polar surface area (TPSA) is 81.1 Å². The van der Waals surface area contributed by atoms with Gasteiger partial charge in [0.05, 0.1) is 28.7 Å². The number of hydrogen-bond donors (Lipinski definition) is 1. The molecule has 0 radical (unpaired) electrons. The summed E-state index contributed by atoms with van der Waals surface area (Å²) in [6.07, 6.45) is 3.14. The molecule has 26 heavy (non-hydrogen) atoms. The number of ketones is 1.